The molecule has 0 aromatic rings. The molecule has 0 aliphatic carbocycles. The molecule has 86 valence electrons. The molecule has 0 saturated heterocycles. The molecule has 0 aromatic heterocycles. The highest BCUT2D eigenvalue weighted by atomic mass is 32.2. The molecule has 0 bridgehead atoms. The van der Waals surface area contributed by atoms with Crippen LogP contribution in [0, 0.1) is 0 Å². The van der Waals surface area contributed by atoms with E-state index in [1.807, 2.05) is 6.92 Å². The van der Waals surface area contributed by atoms with Gasteiger partial charge < -0.3 is 5.73 Å². The maximum absolute atomic E-state index is 11.3. The monoisotopic (exact) mass is 241 g/mol. The third kappa shape index (κ3) is 8.65. The van der Waals surface area contributed by atoms with Crippen molar-refractivity contribution < 1.29 is 12.6 Å². The van der Waals surface area contributed by atoms with Gasteiger partial charge in [0.25, 0.3) is 0 Å². The van der Waals surface area contributed by atoms with Gasteiger partial charge in [-0.15, -0.1) is 0 Å². The Morgan fingerprint density at radius 3 is 2.43 bits per heavy atom. The maximum Gasteiger partial charge on any atom is 0.148 e. The zero-order chi connectivity index (χ0) is 11.2. The van der Waals surface area contributed by atoms with E-state index in [9.17, 15) is 12.6 Å². The summed E-state index contributed by atoms with van der Waals surface area (Å²) in [5.74, 6) is 0.595. The molecule has 2 unspecified atom stereocenters. The lowest BCUT2D eigenvalue weighted by molar-refractivity contribution is 0.602. The van der Waals surface area contributed by atoms with Crippen molar-refractivity contribution >= 4 is 20.6 Å². The minimum absolute atomic E-state index is 0.0154. The second-order valence-electron chi connectivity index (χ2n) is 3.49. The number of sulfone groups is 1. The quantitative estimate of drug-likeness (QED) is 0.675. The first-order valence-electron chi connectivity index (χ1n) is 4.63. The van der Waals surface area contributed by atoms with E-state index >= 15 is 0 Å². The van der Waals surface area contributed by atoms with Crippen LogP contribution in [0.15, 0.2) is 0 Å². The van der Waals surface area contributed by atoms with E-state index in [1.54, 1.807) is 0 Å². The summed E-state index contributed by atoms with van der Waals surface area (Å²) in [6.07, 6.45) is 2.95. The van der Waals surface area contributed by atoms with Gasteiger partial charge in [-0.2, -0.15) is 0 Å². The highest BCUT2D eigenvalue weighted by Crippen LogP contribution is 1.97. The maximum atomic E-state index is 11.3. The summed E-state index contributed by atoms with van der Waals surface area (Å²) in [7, 11) is -4.10. The first-order chi connectivity index (χ1) is 6.35. The van der Waals surface area contributed by atoms with Gasteiger partial charge in [-0.05, 0) is 6.42 Å². The topological polar surface area (TPSA) is 77.2 Å². The Morgan fingerprint density at radius 1 is 1.43 bits per heavy atom. The van der Waals surface area contributed by atoms with E-state index in [4.69, 9.17) is 5.73 Å². The molecule has 14 heavy (non-hydrogen) atoms. The highest BCUT2D eigenvalue weighted by molar-refractivity contribution is 7.92. The normalized spacial score (nSPS) is 16.5. The van der Waals surface area contributed by atoms with Crippen LogP contribution in [0.5, 0.6) is 0 Å². The Hall–Kier alpha value is 0.0600. The lowest BCUT2D eigenvalue weighted by atomic mass is 10.2. The van der Waals surface area contributed by atoms with Crippen LogP contribution >= 0.6 is 0 Å². The van der Waals surface area contributed by atoms with Crippen LogP contribution in [-0.2, 0) is 20.6 Å². The van der Waals surface area contributed by atoms with E-state index < -0.39 is 20.6 Å². The molecule has 0 amide bonds. The van der Waals surface area contributed by atoms with Crippen molar-refractivity contribution in [2.24, 2.45) is 5.73 Å². The van der Waals surface area contributed by atoms with Gasteiger partial charge in [-0.3, -0.25) is 4.21 Å². The summed E-state index contributed by atoms with van der Waals surface area (Å²) in [6.45, 7) is 2.01. The van der Waals surface area contributed by atoms with Crippen LogP contribution in [0.2, 0.25) is 0 Å². The van der Waals surface area contributed by atoms with Crippen LogP contribution in [0.4, 0.5) is 0 Å². The second-order valence-corrected chi connectivity index (χ2v) is 7.37. The van der Waals surface area contributed by atoms with Crippen LogP contribution in [-0.4, -0.2) is 42.2 Å². The summed E-state index contributed by atoms with van der Waals surface area (Å²) in [6, 6.07) is -0.0691. The van der Waals surface area contributed by atoms with Crippen LogP contribution in [0.25, 0.3) is 0 Å². The molecule has 6 heteroatoms. The highest BCUT2D eigenvalue weighted by Gasteiger charge is 2.10. The first kappa shape index (κ1) is 14.1. The predicted molar refractivity (Wildman–Crippen MR) is 60.5 cm³/mol. The molecule has 0 fully saturated rings. The van der Waals surface area contributed by atoms with Crippen molar-refractivity contribution in [2.75, 3.05) is 23.5 Å². The molecule has 0 spiro atoms. The van der Waals surface area contributed by atoms with E-state index in [1.165, 1.54) is 0 Å². The molecular weight excluding hydrogens is 222 g/mol. The largest absolute Gasteiger partial charge is 0.327 e. The zero-order valence-corrected chi connectivity index (χ0v) is 10.4. The molecular formula is C8H19NO3S2. The Bertz CT molecular complexity index is 274. The fraction of sp³-hybridized carbons (Fsp3) is 1.00. The number of hydrogen-bond acceptors (Lipinski definition) is 4. The van der Waals surface area contributed by atoms with Crippen molar-refractivity contribution in [1.29, 1.82) is 0 Å². The molecule has 0 aliphatic heterocycles. The third-order valence-electron chi connectivity index (χ3n) is 1.74. The van der Waals surface area contributed by atoms with E-state index in [0.29, 0.717) is 5.75 Å². The summed E-state index contributed by atoms with van der Waals surface area (Å²) in [5.41, 5.74) is 5.68. The minimum Gasteiger partial charge on any atom is -0.327 e. The van der Waals surface area contributed by atoms with Gasteiger partial charge in [0.15, 0.2) is 0 Å². The standard InChI is InChI=1S/C8H19NO3S2/c1-3-4-8(9)7-13(10)5-6-14(2,11)12/h8H,3-7,9H2,1-2H3. The molecule has 4 nitrogen and oxygen atoms in total. The third-order valence-corrected chi connectivity index (χ3v) is 4.40. The predicted octanol–water partition coefficient (Wildman–Crippen LogP) is -0.0929. The van der Waals surface area contributed by atoms with Crippen molar-refractivity contribution in [2.45, 2.75) is 25.8 Å². The van der Waals surface area contributed by atoms with Gasteiger partial charge in [0.2, 0.25) is 0 Å². The number of rotatable bonds is 7. The van der Waals surface area contributed by atoms with Gasteiger partial charge >= 0.3 is 0 Å². The molecule has 0 aromatic carbocycles. The van der Waals surface area contributed by atoms with Crippen molar-refractivity contribution in [3.63, 3.8) is 0 Å². The average molecular weight is 241 g/mol. The summed E-state index contributed by atoms with van der Waals surface area (Å²) >= 11 is 0. The smallest absolute Gasteiger partial charge is 0.148 e. The minimum atomic E-state index is -3.00. The average Bonchev–Trinajstić information content (AvgIpc) is 2.00. The Kier molecular flexibility index (Phi) is 6.55. The molecule has 0 rings (SSSR count). The second kappa shape index (κ2) is 6.53. The first-order valence-corrected chi connectivity index (χ1v) is 8.18. The van der Waals surface area contributed by atoms with Gasteiger partial charge in [0, 0.05) is 34.6 Å². The molecule has 0 heterocycles. The lowest BCUT2D eigenvalue weighted by Crippen LogP contribution is -2.28. The van der Waals surface area contributed by atoms with Crippen LogP contribution < -0.4 is 5.73 Å². The number of nitrogens with two attached hydrogens (primary N) is 1. The fourth-order valence-corrected chi connectivity index (χ4v) is 3.79. The van der Waals surface area contributed by atoms with Crippen molar-refractivity contribution in [1.82, 2.24) is 0 Å². The van der Waals surface area contributed by atoms with E-state index in [0.717, 1.165) is 19.1 Å². The molecule has 2 N–H and O–H groups in total. The molecule has 2 atom stereocenters. The van der Waals surface area contributed by atoms with Gasteiger partial charge in [0.1, 0.15) is 9.84 Å². The van der Waals surface area contributed by atoms with E-state index in [-0.39, 0.29) is 17.5 Å². The SMILES string of the molecule is CCCC(N)CS(=O)CCS(C)(=O)=O. The molecule has 0 aliphatic rings. The Morgan fingerprint density at radius 2 is 2.00 bits per heavy atom. The van der Waals surface area contributed by atoms with Gasteiger partial charge in [-0.1, -0.05) is 13.3 Å². The van der Waals surface area contributed by atoms with Gasteiger partial charge in [-0.25, -0.2) is 8.42 Å². The summed E-state index contributed by atoms with van der Waals surface area (Å²) < 4.78 is 32.9. The molecule has 0 saturated carbocycles. The lowest BCUT2D eigenvalue weighted by Gasteiger charge is -2.09. The molecule has 0 radical (unpaired) electrons. The summed E-state index contributed by atoms with van der Waals surface area (Å²) in [4.78, 5) is 0. The van der Waals surface area contributed by atoms with Crippen molar-refractivity contribution in [3.8, 4) is 0 Å². The van der Waals surface area contributed by atoms with Gasteiger partial charge in [0.05, 0.1) is 5.75 Å². The summed E-state index contributed by atoms with van der Waals surface area (Å²) in [5, 5.41) is 0. The van der Waals surface area contributed by atoms with Crippen molar-refractivity contribution in [3.05, 3.63) is 0 Å². The Balaban J connectivity index is 3.77. The Labute approximate surface area is 88.6 Å². The van der Waals surface area contributed by atoms with Crippen LogP contribution in [0.1, 0.15) is 19.8 Å². The van der Waals surface area contributed by atoms with Crippen LogP contribution in [0.3, 0.4) is 0 Å². The van der Waals surface area contributed by atoms with E-state index in [2.05, 4.69) is 0 Å². The number of hydrogen-bond donors (Lipinski definition) is 1. The fourth-order valence-electron chi connectivity index (χ4n) is 1.02. The zero-order valence-electron chi connectivity index (χ0n) is 8.73.